The number of aromatic nitrogens is 1. The van der Waals surface area contributed by atoms with Gasteiger partial charge in [0.15, 0.2) is 0 Å². The summed E-state index contributed by atoms with van der Waals surface area (Å²) in [6.07, 6.45) is 3.05. The summed E-state index contributed by atoms with van der Waals surface area (Å²) in [5, 5.41) is 1.05. The lowest BCUT2D eigenvalue weighted by Gasteiger charge is -2.22. The largest absolute Gasteiger partial charge is 0.334 e. The summed E-state index contributed by atoms with van der Waals surface area (Å²) in [4.78, 5) is 18.1. The van der Waals surface area contributed by atoms with Gasteiger partial charge >= 0.3 is 0 Å². The van der Waals surface area contributed by atoms with Crippen LogP contribution in [0.25, 0.3) is 0 Å². The van der Waals surface area contributed by atoms with E-state index in [4.69, 9.17) is 23.2 Å². The molecule has 0 spiro atoms. The Labute approximate surface area is 128 Å². The molecular weight excluding hydrogens is 295 g/mol. The van der Waals surface area contributed by atoms with E-state index in [0.29, 0.717) is 28.7 Å². The SMILES string of the molecule is CCN(Cc1ccccc1Cl)C(=O)c1cnccc1Cl. The standard InChI is InChI=1S/C15H14Cl2N2O/c1-2-19(10-11-5-3-4-6-13(11)16)15(20)12-9-18-8-7-14(12)17/h3-9H,2,10H2,1H3. The van der Waals surface area contributed by atoms with Crippen LogP contribution in [-0.4, -0.2) is 22.3 Å². The van der Waals surface area contributed by atoms with Crippen molar-refractivity contribution in [2.75, 3.05) is 6.54 Å². The molecule has 0 N–H and O–H groups in total. The van der Waals surface area contributed by atoms with Crippen molar-refractivity contribution in [3.63, 3.8) is 0 Å². The van der Waals surface area contributed by atoms with Crippen LogP contribution in [0.5, 0.6) is 0 Å². The number of carbonyl (C=O) groups is 1. The molecule has 0 saturated heterocycles. The highest BCUT2D eigenvalue weighted by Gasteiger charge is 2.18. The summed E-state index contributed by atoms with van der Waals surface area (Å²) in [5.74, 6) is -0.148. The topological polar surface area (TPSA) is 33.2 Å². The monoisotopic (exact) mass is 308 g/mol. The molecule has 2 aromatic rings. The van der Waals surface area contributed by atoms with Gasteiger partial charge in [0.25, 0.3) is 5.91 Å². The molecule has 3 nitrogen and oxygen atoms in total. The zero-order valence-electron chi connectivity index (χ0n) is 11.0. The molecule has 1 heterocycles. The first-order valence-electron chi connectivity index (χ1n) is 6.25. The van der Waals surface area contributed by atoms with Gasteiger partial charge in [-0.2, -0.15) is 0 Å². The molecule has 20 heavy (non-hydrogen) atoms. The third kappa shape index (κ3) is 3.30. The second kappa shape index (κ2) is 6.73. The minimum Gasteiger partial charge on any atom is -0.334 e. The molecule has 0 fully saturated rings. The van der Waals surface area contributed by atoms with Crippen molar-refractivity contribution in [2.24, 2.45) is 0 Å². The fourth-order valence-corrected chi connectivity index (χ4v) is 2.25. The van der Waals surface area contributed by atoms with Gasteiger partial charge in [0, 0.05) is 30.5 Å². The average Bonchev–Trinajstić information content (AvgIpc) is 2.46. The van der Waals surface area contributed by atoms with Gasteiger partial charge in [-0.25, -0.2) is 0 Å². The summed E-state index contributed by atoms with van der Waals surface area (Å²) >= 11 is 12.2. The smallest absolute Gasteiger partial charge is 0.257 e. The van der Waals surface area contributed by atoms with Crippen LogP contribution in [0.2, 0.25) is 10.0 Å². The molecule has 1 aromatic heterocycles. The molecule has 2 rings (SSSR count). The van der Waals surface area contributed by atoms with Crippen molar-refractivity contribution in [1.82, 2.24) is 9.88 Å². The summed E-state index contributed by atoms with van der Waals surface area (Å²) in [5.41, 5.74) is 1.31. The van der Waals surface area contributed by atoms with Gasteiger partial charge in [-0.05, 0) is 24.6 Å². The molecule has 1 amide bonds. The quantitative estimate of drug-likeness (QED) is 0.853. The van der Waals surface area contributed by atoms with Crippen molar-refractivity contribution >= 4 is 29.1 Å². The Kier molecular flexibility index (Phi) is 4.99. The molecule has 0 atom stereocenters. The van der Waals surface area contributed by atoms with E-state index in [1.807, 2.05) is 31.2 Å². The van der Waals surface area contributed by atoms with Gasteiger partial charge in [0.05, 0.1) is 10.6 Å². The lowest BCUT2D eigenvalue weighted by Crippen LogP contribution is -2.30. The molecule has 0 aliphatic rings. The lowest BCUT2D eigenvalue weighted by molar-refractivity contribution is 0.0752. The normalized spacial score (nSPS) is 10.3. The first kappa shape index (κ1) is 14.8. The summed E-state index contributed by atoms with van der Waals surface area (Å²) < 4.78 is 0. The Balaban J connectivity index is 2.23. The first-order chi connectivity index (χ1) is 9.63. The van der Waals surface area contributed by atoms with Crippen LogP contribution < -0.4 is 0 Å². The van der Waals surface area contributed by atoms with E-state index in [1.165, 1.54) is 6.20 Å². The van der Waals surface area contributed by atoms with E-state index in [2.05, 4.69) is 4.98 Å². The van der Waals surface area contributed by atoms with E-state index >= 15 is 0 Å². The van der Waals surface area contributed by atoms with Crippen LogP contribution in [0.1, 0.15) is 22.8 Å². The molecule has 0 saturated carbocycles. The number of amides is 1. The summed E-state index contributed by atoms with van der Waals surface area (Å²) in [6, 6.07) is 9.09. The summed E-state index contributed by atoms with van der Waals surface area (Å²) in [6.45, 7) is 2.93. The van der Waals surface area contributed by atoms with Crippen LogP contribution in [0, 0.1) is 0 Å². The number of nitrogens with zero attached hydrogens (tertiary/aromatic N) is 2. The van der Waals surface area contributed by atoms with Gasteiger partial charge in [-0.15, -0.1) is 0 Å². The van der Waals surface area contributed by atoms with Crippen molar-refractivity contribution in [3.8, 4) is 0 Å². The van der Waals surface area contributed by atoms with Gasteiger partial charge in [-0.1, -0.05) is 41.4 Å². The molecule has 104 valence electrons. The Hall–Kier alpha value is -1.58. The first-order valence-corrected chi connectivity index (χ1v) is 7.01. The highest BCUT2D eigenvalue weighted by atomic mass is 35.5. The minimum atomic E-state index is -0.148. The number of carbonyl (C=O) groups excluding carboxylic acids is 1. The molecular formula is C15H14Cl2N2O. The fourth-order valence-electron chi connectivity index (χ4n) is 1.86. The van der Waals surface area contributed by atoms with Crippen molar-refractivity contribution in [2.45, 2.75) is 13.5 Å². The van der Waals surface area contributed by atoms with E-state index in [0.717, 1.165) is 5.56 Å². The van der Waals surface area contributed by atoms with Crippen LogP contribution in [0.15, 0.2) is 42.7 Å². The second-order valence-electron chi connectivity index (χ2n) is 4.27. The number of hydrogen-bond donors (Lipinski definition) is 0. The number of halogens is 2. The third-order valence-electron chi connectivity index (χ3n) is 2.99. The third-order valence-corrected chi connectivity index (χ3v) is 3.68. The van der Waals surface area contributed by atoms with Gasteiger partial charge < -0.3 is 4.90 Å². The van der Waals surface area contributed by atoms with Crippen LogP contribution in [0.3, 0.4) is 0 Å². The molecule has 0 aliphatic heterocycles. The Bertz CT molecular complexity index is 616. The van der Waals surface area contributed by atoms with Gasteiger partial charge in [0.1, 0.15) is 0 Å². The van der Waals surface area contributed by atoms with Crippen LogP contribution in [0.4, 0.5) is 0 Å². The number of pyridine rings is 1. The minimum absolute atomic E-state index is 0.148. The zero-order valence-corrected chi connectivity index (χ0v) is 12.5. The van der Waals surface area contributed by atoms with E-state index in [1.54, 1.807) is 17.2 Å². The highest BCUT2D eigenvalue weighted by molar-refractivity contribution is 6.33. The van der Waals surface area contributed by atoms with E-state index < -0.39 is 0 Å². The van der Waals surface area contributed by atoms with Gasteiger partial charge in [0.2, 0.25) is 0 Å². The van der Waals surface area contributed by atoms with Crippen molar-refractivity contribution in [3.05, 3.63) is 63.9 Å². The average molecular weight is 309 g/mol. The van der Waals surface area contributed by atoms with Gasteiger partial charge in [-0.3, -0.25) is 9.78 Å². The van der Waals surface area contributed by atoms with E-state index in [-0.39, 0.29) is 5.91 Å². The van der Waals surface area contributed by atoms with Crippen LogP contribution in [-0.2, 0) is 6.54 Å². The Morgan fingerprint density at radius 3 is 2.60 bits per heavy atom. The summed E-state index contributed by atoms with van der Waals surface area (Å²) in [7, 11) is 0. The fraction of sp³-hybridized carbons (Fsp3) is 0.200. The maximum Gasteiger partial charge on any atom is 0.257 e. The lowest BCUT2D eigenvalue weighted by atomic mass is 10.2. The molecule has 0 unspecified atom stereocenters. The highest BCUT2D eigenvalue weighted by Crippen LogP contribution is 2.20. The van der Waals surface area contributed by atoms with Crippen LogP contribution >= 0.6 is 23.2 Å². The predicted molar refractivity (Wildman–Crippen MR) is 81.1 cm³/mol. The zero-order chi connectivity index (χ0) is 14.5. The molecule has 0 aliphatic carbocycles. The maximum atomic E-state index is 12.5. The maximum absolute atomic E-state index is 12.5. The molecule has 5 heteroatoms. The molecule has 1 aromatic carbocycles. The number of rotatable bonds is 4. The molecule has 0 radical (unpaired) electrons. The van der Waals surface area contributed by atoms with Crippen molar-refractivity contribution < 1.29 is 4.79 Å². The number of benzene rings is 1. The number of hydrogen-bond acceptors (Lipinski definition) is 2. The Morgan fingerprint density at radius 2 is 1.95 bits per heavy atom. The second-order valence-corrected chi connectivity index (χ2v) is 5.08. The Morgan fingerprint density at radius 1 is 1.20 bits per heavy atom. The van der Waals surface area contributed by atoms with E-state index in [9.17, 15) is 4.79 Å². The predicted octanol–water partition coefficient (Wildman–Crippen LogP) is 4.05. The van der Waals surface area contributed by atoms with Crippen molar-refractivity contribution in [1.29, 1.82) is 0 Å². The molecule has 0 bridgehead atoms.